The number of likely N-dealkylation sites (tertiary alicyclic amines) is 1. The van der Waals surface area contributed by atoms with Gasteiger partial charge in [-0.15, -0.1) is 0 Å². The maximum Gasteiger partial charge on any atom is 0.256 e. The molecule has 0 aliphatic carbocycles. The third kappa shape index (κ3) is 3.22. The fraction of sp³-hybridized carbons (Fsp3) is 0.364. The van der Waals surface area contributed by atoms with Gasteiger partial charge >= 0.3 is 0 Å². The van der Waals surface area contributed by atoms with Gasteiger partial charge in [0.15, 0.2) is 0 Å². The molecule has 2 saturated heterocycles. The highest BCUT2D eigenvalue weighted by molar-refractivity contribution is 6.31. The molecular weight excluding hydrogens is 409 g/mol. The molecule has 0 unspecified atom stereocenters. The van der Waals surface area contributed by atoms with E-state index >= 15 is 0 Å². The largest absolute Gasteiger partial charge is 0.370 e. The van der Waals surface area contributed by atoms with Crippen molar-refractivity contribution in [3.05, 3.63) is 64.4 Å². The molecule has 2 spiro atoms. The molecule has 30 heavy (non-hydrogen) atoms. The van der Waals surface area contributed by atoms with Gasteiger partial charge in [-0.05, 0) is 43.2 Å². The average Bonchev–Trinajstić information content (AvgIpc) is 3.06. The Bertz CT molecular complexity index is 1040. The molecule has 156 valence electrons. The van der Waals surface area contributed by atoms with E-state index in [1.807, 2.05) is 0 Å². The quantitative estimate of drug-likeness (QED) is 0.728. The van der Waals surface area contributed by atoms with Gasteiger partial charge in [0.05, 0.1) is 23.3 Å². The lowest BCUT2D eigenvalue weighted by Gasteiger charge is -2.41. The van der Waals surface area contributed by atoms with Crippen LogP contribution in [0.4, 0.5) is 10.1 Å². The van der Waals surface area contributed by atoms with Gasteiger partial charge in [0, 0.05) is 30.2 Å². The van der Waals surface area contributed by atoms with Crippen molar-refractivity contribution in [2.45, 2.75) is 30.5 Å². The molecule has 6 nitrogen and oxygen atoms in total. The van der Waals surface area contributed by atoms with Crippen molar-refractivity contribution in [1.29, 1.82) is 0 Å². The smallest absolute Gasteiger partial charge is 0.256 e. The van der Waals surface area contributed by atoms with E-state index in [0.29, 0.717) is 49.5 Å². The van der Waals surface area contributed by atoms with Gasteiger partial charge in [-0.1, -0.05) is 23.7 Å². The van der Waals surface area contributed by atoms with Gasteiger partial charge in [-0.25, -0.2) is 4.39 Å². The van der Waals surface area contributed by atoms with E-state index in [4.69, 9.17) is 16.3 Å². The van der Waals surface area contributed by atoms with Gasteiger partial charge in [-0.2, -0.15) is 0 Å². The second-order valence-corrected chi connectivity index (χ2v) is 8.71. The zero-order valence-corrected chi connectivity index (χ0v) is 17.0. The highest BCUT2D eigenvalue weighted by Gasteiger charge is 2.53. The van der Waals surface area contributed by atoms with Crippen molar-refractivity contribution < 1.29 is 18.7 Å². The summed E-state index contributed by atoms with van der Waals surface area (Å²) in [6.07, 6.45) is 1.84. The first kappa shape index (κ1) is 19.3. The molecule has 0 radical (unpaired) electrons. The molecule has 8 heteroatoms. The molecule has 2 aromatic rings. The molecule has 3 aliphatic heterocycles. The predicted molar refractivity (Wildman–Crippen MR) is 110 cm³/mol. The fourth-order valence-corrected chi connectivity index (χ4v) is 4.89. The molecular formula is C22H21ClFN3O3. The van der Waals surface area contributed by atoms with Gasteiger partial charge in [0.25, 0.3) is 11.8 Å². The van der Waals surface area contributed by atoms with E-state index in [2.05, 4.69) is 10.6 Å². The normalized spacial score (nSPS) is 24.5. The Morgan fingerprint density at radius 3 is 2.67 bits per heavy atom. The summed E-state index contributed by atoms with van der Waals surface area (Å²) in [6, 6.07) is 11.2. The summed E-state index contributed by atoms with van der Waals surface area (Å²) < 4.78 is 20.2. The number of rotatable bonds is 1. The molecule has 0 bridgehead atoms. The van der Waals surface area contributed by atoms with Crippen molar-refractivity contribution >= 4 is 29.1 Å². The molecule has 0 saturated carbocycles. The van der Waals surface area contributed by atoms with Crippen molar-refractivity contribution in [2.75, 3.05) is 25.0 Å². The highest BCUT2D eigenvalue weighted by atomic mass is 35.5. The van der Waals surface area contributed by atoms with E-state index < -0.39 is 17.1 Å². The van der Waals surface area contributed by atoms with E-state index in [-0.39, 0.29) is 17.4 Å². The van der Waals surface area contributed by atoms with Crippen molar-refractivity contribution in [3.63, 3.8) is 0 Å². The van der Waals surface area contributed by atoms with Crippen LogP contribution in [0.25, 0.3) is 0 Å². The van der Waals surface area contributed by atoms with E-state index in [9.17, 15) is 14.0 Å². The first-order valence-corrected chi connectivity index (χ1v) is 10.3. The molecule has 0 aromatic heterocycles. The predicted octanol–water partition coefficient (Wildman–Crippen LogP) is 3.43. The van der Waals surface area contributed by atoms with Crippen LogP contribution in [-0.2, 0) is 4.74 Å². The summed E-state index contributed by atoms with van der Waals surface area (Å²) in [5, 5.41) is 6.98. The zero-order chi connectivity index (χ0) is 20.9. The van der Waals surface area contributed by atoms with Crippen LogP contribution in [0.5, 0.6) is 0 Å². The number of hydrogen-bond donors (Lipinski definition) is 2. The van der Waals surface area contributed by atoms with Crippen LogP contribution in [0.1, 0.15) is 40.0 Å². The van der Waals surface area contributed by atoms with Gasteiger partial charge in [0.2, 0.25) is 0 Å². The lowest BCUT2D eigenvalue weighted by atomic mass is 9.84. The van der Waals surface area contributed by atoms with Crippen molar-refractivity contribution in [1.82, 2.24) is 10.2 Å². The summed E-state index contributed by atoms with van der Waals surface area (Å²) in [7, 11) is 0. The number of carbonyl (C=O) groups is 2. The summed E-state index contributed by atoms with van der Waals surface area (Å²) >= 11 is 6.01. The SMILES string of the molecule is O=C1N[C@@]2(COC3(CCN(C(=O)c4ccccc4F)CC3)C2)Nc2ccc(Cl)cc21. The van der Waals surface area contributed by atoms with Crippen LogP contribution >= 0.6 is 11.6 Å². The molecule has 3 heterocycles. The minimum Gasteiger partial charge on any atom is -0.370 e. The zero-order valence-electron chi connectivity index (χ0n) is 16.2. The Hall–Kier alpha value is -2.64. The lowest BCUT2D eigenvalue weighted by molar-refractivity contribution is -0.0393. The number of fused-ring (bicyclic) bond motifs is 1. The number of halogens is 2. The third-order valence-electron chi connectivity index (χ3n) is 6.27. The maximum absolute atomic E-state index is 14.0. The van der Waals surface area contributed by atoms with E-state index in [1.54, 1.807) is 35.2 Å². The number of anilines is 1. The number of piperidine rings is 1. The molecule has 2 amide bonds. The summed E-state index contributed by atoms with van der Waals surface area (Å²) in [5.41, 5.74) is 0.218. The Morgan fingerprint density at radius 2 is 1.90 bits per heavy atom. The van der Waals surface area contributed by atoms with Crippen LogP contribution < -0.4 is 10.6 Å². The Kier molecular flexibility index (Phi) is 4.48. The Labute approximate surface area is 178 Å². The standard InChI is InChI=1S/C22H21ClFN3O3/c23-14-5-6-18-16(11-14)19(28)26-22(25-18)12-21(30-13-22)7-9-27(10-8-21)20(29)15-3-1-2-4-17(15)24/h1-6,11,25H,7-10,12-13H2,(H,26,28)/t22-/m0/s1. The molecule has 5 rings (SSSR count). The number of nitrogens with one attached hydrogen (secondary N) is 2. The second kappa shape index (κ2) is 6.96. The number of nitrogens with zero attached hydrogens (tertiary/aromatic N) is 1. The highest BCUT2D eigenvalue weighted by Crippen LogP contribution is 2.43. The number of benzene rings is 2. The minimum absolute atomic E-state index is 0.0914. The van der Waals surface area contributed by atoms with Crippen LogP contribution in [0.15, 0.2) is 42.5 Å². The average molecular weight is 430 g/mol. The number of amides is 2. The second-order valence-electron chi connectivity index (χ2n) is 8.27. The third-order valence-corrected chi connectivity index (χ3v) is 6.50. The summed E-state index contributed by atoms with van der Waals surface area (Å²) in [4.78, 5) is 27.0. The number of hydrogen-bond acceptors (Lipinski definition) is 4. The van der Waals surface area contributed by atoms with E-state index in [1.165, 1.54) is 12.1 Å². The van der Waals surface area contributed by atoms with Crippen LogP contribution in [0.2, 0.25) is 5.02 Å². The van der Waals surface area contributed by atoms with Crippen molar-refractivity contribution in [3.8, 4) is 0 Å². The summed E-state index contributed by atoms with van der Waals surface area (Å²) in [5.74, 6) is -0.989. The Balaban J connectivity index is 1.29. The molecule has 2 fully saturated rings. The van der Waals surface area contributed by atoms with Gasteiger partial charge in [0.1, 0.15) is 11.5 Å². The molecule has 2 aromatic carbocycles. The topological polar surface area (TPSA) is 70.7 Å². The molecule has 3 aliphatic rings. The monoisotopic (exact) mass is 429 g/mol. The minimum atomic E-state index is -0.685. The molecule has 1 atom stereocenters. The maximum atomic E-state index is 14.0. The van der Waals surface area contributed by atoms with E-state index in [0.717, 1.165) is 5.69 Å². The first-order valence-electron chi connectivity index (χ1n) is 9.97. The fourth-order valence-electron chi connectivity index (χ4n) is 4.72. The van der Waals surface area contributed by atoms with Gasteiger partial charge < -0.3 is 20.3 Å². The lowest BCUT2D eigenvalue weighted by Crippen LogP contribution is -2.59. The van der Waals surface area contributed by atoms with Crippen LogP contribution in [0.3, 0.4) is 0 Å². The number of ether oxygens (including phenoxy) is 1. The van der Waals surface area contributed by atoms with Gasteiger partial charge in [-0.3, -0.25) is 9.59 Å². The van der Waals surface area contributed by atoms with Crippen LogP contribution in [0, 0.1) is 5.82 Å². The van der Waals surface area contributed by atoms with Crippen molar-refractivity contribution in [2.24, 2.45) is 0 Å². The molecule has 2 N–H and O–H groups in total. The Morgan fingerprint density at radius 1 is 1.13 bits per heavy atom. The van der Waals surface area contributed by atoms with Crippen LogP contribution in [-0.4, -0.2) is 47.7 Å². The summed E-state index contributed by atoms with van der Waals surface area (Å²) in [6.45, 7) is 1.29. The number of carbonyl (C=O) groups excluding carboxylic acids is 2. The first-order chi connectivity index (χ1) is 14.4.